The van der Waals surface area contributed by atoms with Gasteiger partial charge >= 0.3 is 0 Å². The molecule has 0 amide bonds. The summed E-state index contributed by atoms with van der Waals surface area (Å²) in [5, 5.41) is 0. The number of hydrogen-bond acceptors (Lipinski definition) is 0. The molecule has 0 saturated heterocycles. The molecule has 0 nitrogen and oxygen atoms in total. The summed E-state index contributed by atoms with van der Waals surface area (Å²) in [5.41, 5.74) is 3.80. The molecule has 18 heavy (non-hydrogen) atoms. The normalized spacial score (nSPS) is 25.3. The molecule has 0 aromatic rings. The van der Waals surface area contributed by atoms with Crippen LogP contribution in [0, 0.1) is 0 Å². The van der Waals surface area contributed by atoms with Gasteiger partial charge in [-0.05, 0) is 51.4 Å². The van der Waals surface area contributed by atoms with Gasteiger partial charge in [0.25, 0.3) is 0 Å². The lowest BCUT2D eigenvalue weighted by Gasteiger charge is -2.19. The average Bonchev–Trinajstić information content (AvgIpc) is 2.41. The van der Waals surface area contributed by atoms with E-state index in [-0.39, 0.29) is 0 Å². The predicted molar refractivity (Wildman–Crippen MR) is 80.9 cm³/mol. The summed E-state index contributed by atoms with van der Waals surface area (Å²) in [4.78, 5) is 0. The van der Waals surface area contributed by atoms with Crippen molar-refractivity contribution in [2.45, 2.75) is 103 Å². The van der Waals surface area contributed by atoms with Gasteiger partial charge in [0, 0.05) is 0 Å². The molecule has 104 valence electrons. The van der Waals surface area contributed by atoms with Gasteiger partial charge in [0.1, 0.15) is 0 Å². The van der Waals surface area contributed by atoms with Crippen molar-refractivity contribution < 1.29 is 0 Å². The van der Waals surface area contributed by atoms with E-state index in [1.165, 1.54) is 103 Å². The standard InChI is InChI=1S/C18H32/c1-2-6-10-14-18-16-12-8-4-3-7-11-15-17(18)13-9-5-1/h1-16H2. The van der Waals surface area contributed by atoms with Crippen molar-refractivity contribution in [3.8, 4) is 0 Å². The van der Waals surface area contributed by atoms with Crippen LogP contribution in [-0.4, -0.2) is 0 Å². The molecule has 0 unspecified atom stereocenters. The van der Waals surface area contributed by atoms with Crippen LogP contribution >= 0.6 is 0 Å². The summed E-state index contributed by atoms with van der Waals surface area (Å²) >= 11 is 0. The highest BCUT2D eigenvalue weighted by molar-refractivity contribution is 5.15. The lowest BCUT2D eigenvalue weighted by Crippen LogP contribution is -1.99. The Morgan fingerprint density at radius 1 is 0.278 bits per heavy atom. The Hall–Kier alpha value is -0.260. The lowest BCUT2D eigenvalue weighted by molar-refractivity contribution is 0.531. The van der Waals surface area contributed by atoms with Crippen molar-refractivity contribution >= 4 is 0 Å². The summed E-state index contributed by atoms with van der Waals surface area (Å²) in [6.07, 6.45) is 23.5. The minimum absolute atomic E-state index is 1.44. The zero-order chi connectivity index (χ0) is 12.5. The van der Waals surface area contributed by atoms with Gasteiger partial charge in [0.15, 0.2) is 0 Å². The Labute approximate surface area is 114 Å². The van der Waals surface area contributed by atoms with Crippen LogP contribution in [0.15, 0.2) is 11.1 Å². The van der Waals surface area contributed by atoms with Crippen molar-refractivity contribution in [1.82, 2.24) is 0 Å². The molecular formula is C18H32. The summed E-state index contributed by atoms with van der Waals surface area (Å²) in [7, 11) is 0. The van der Waals surface area contributed by atoms with Crippen LogP contribution in [0.4, 0.5) is 0 Å². The number of allylic oxidation sites excluding steroid dienone is 2. The molecule has 0 aromatic carbocycles. The minimum atomic E-state index is 1.44. The molecule has 0 atom stereocenters. The number of hydrogen-bond donors (Lipinski definition) is 0. The molecule has 0 aromatic heterocycles. The molecule has 2 rings (SSSR count). The first-order chi connectivity index (χ1) is 8.97. The zero-order valence-corrected chi connectivity index (χ0v) is 12.3. The molecule has 0 heteroatoms. The fraction of sp³-hybridized carbons (Fsp3) is 0.889. The third-order valence-electron chi connectivity index (χ3n) is 4.91. The van der Waals surface area contributed by atoms with Gasteiger partial charge < -0.3 is 0 Å². The SMILES string of the molecule is C1CCCCC2=C(CCC1)CCCCCCCC2. The van der Waals surface area contributed by atoms with Crippen molar-refractivity contribution in [1.29, 1.82) is 0 Å². The van der Waals surface area contributed by atoms with Crippen molar-refractivity contribution in [3.05, 3.63) is 11.1 Å². The first kappa shape index (κ1) is 14.2. The van der Waals surface area contributed by atoms with Crippen LogP contribution in [0.3, 0.4) is 0 Å². The van der Waals surface area contributed by atoms with Crippen LogP contribution in [0.1, 0.15) is 103 Å². The molecule has 0 aliphatic heterocycles. The second-order valence-corrected chi connectivity index (χ2v) is 6.45. The van der Waals surface area contributed by atoms with Crippen molar-refractivity contribution in [2.75, 3.05) is 0 Å². The second kappa shape index (κ2) is 8.77. The molecular weight excluding hydrogens is 216 g/mol. The van der Waals surface area contributed by atoms with Gasteiger partial charge in [-0.3, -0.25) is 0 Å². The van der Waals surface area contributed by atoms with E-state index in [1.807, 2.05) is 11.1 Å². The molecule has 0 saturated carbocycles. The molecule has 2 aliphatic carbocycles. The fourth-order valence-electron chi connectivity index (χ4n) is 3.72. The highest BCUT2D eigenvalue weighted by Crippen LogP contribution is 2.30. The van der Waals surface area contributed by atoms with Crippen molar-refractivity contribution in [3.63, 3.8) is 0 Å². The van der Waals surface area contributed by atoms with Crippen LogP contribution in [0.5, 0.6) is 0 Å². The van der Waals surface area contributed by atoms with E-state index in [4.69, 9.17) is 0 Å². The Kier molecular flexibility index (Phi) is 6.90. The lowest BCUT2D eigenvalue weighted by atomic mass is 9.87. The molecule has 0 heterocycles. The predicted octanol–water partition coefficient (Wildman–Crippen LogP) is 6.55. The van der Waals surface area contributed by atoms with E-state index in [1.54, 1.807) is 0 Å². The minimum Gasteiger partial charge on any atom is -0.0710 e. The van der Waals surface area contributed by atoms with E-state index in [0.29, 0.717) is 0 Å². The van der Waals surface area contributed by atoms with Gasteiger partial charge in [0.2, 0.25) is 0 Å². The maximum Gasteiger partial charge on any atom is -0.0318 e. The van der Waals surface area contributed by atoms with Crippen molar-refractivity contribution in [2.24, 2.45) is 0 Å². The molecule has 2 aliphatic rings. The molecule has 0 fully saturated rings. The zero-order valence-electron chi connectivity index (χ0n) is 12.3. The Bertz CT molecular complexity index is 199. The smallest absolute Gasteiger partial charge is 0.0318 e. The summed E-state index contributed by atoms with van der Waals surface area (Å²) in [6.45, 7) is 0. The first-order valence-corrected chi connectivity index (χ1v) is 8.66. The highest BCUT2D eigenvalue weighted by Gasteiger charge is 2.10. The van der Waals surface area contributed by atoms with E-state index in [9.17, 15) is 0 Å². The van der Waals surface area contributed by atoms with E-state index in [0.717, 1.165) is 0 Å². The summed E-state index contributed by atoms with van der Waals surface area (Å²) in [5.74, 6) is 0. The first-order valence-electron chi connectivity index (χ1n) is 8.66. The molecule has 0 spiro atoms. The Morgan fingerprint density at radius 2 is 0.500 bits per heavy atom. The maximum atomic E-state index is 1.90. The largest absolute Gasteiger partial charge is 0.0710 e. The van der Waals surface area contributed by atoms with Crippen LogP contribution in [0.25, 0.3) is 0 Å². The van der Waals surface area contributed by atoms with Gasteiger partial charge in [-0.2, -0.15) is 0 Å². The molecule has 0 N–H and O–H groups in total. The summed E-state index contributed by atoms with van der Waals surface area (Å²) in [6, 6.07) is 0. The van der Waals surface area contributed by atoms with E-state index >= 15 is 0 Å². The van der Waals surface area contributed by atoms with Crippen LogP contribution in [0.2, 0.25) is 0 Å². The van der Waals surface area contributed by atoms with E-state index in [2.05, 4.69) is 0 Å². The topological polar surface area (TPSA) is 0 Å². The van der Waals surface area contributed by atoms with Gasteiger partial charge in [-0.25, -0.2) is 0 Å². The van der Waals surface area contributed by atoms with Crippen LogP contribution in [-0.2, 0) is 0 Å². The van der Waals surface area contributed by atoms with Crippen LogP contribution < -0.4 is 0 Å². The van der Waals surface area contributed by atoms with Gasteiger partial charge in [0.05, 0.1) is 0 Å². The monoisotopic (exact) mass is 248 g/mol. The Morgan fingerprint density at radius 3 is 0.778 bits per heavy atom. The van der Waals surface area contributed by atoms with Gasteiger partial charge in [-0.1, -0.05) is 62.5 Å². The maximum absolute atomic E-state index is 1.90. The molecule has 0 bridgehead atoms. The highest BCUT2D eigenvalue weighted by atomic mass is 14.2. The third-order valence-corrected chi connectivity index (χ3v) is 4.91. The number of rotatable bonds is 0. The van der Waals surface area contributed by atoms with Gasteiger partial charge in [-0.15, -0.1) is 0 Å². The third kappa shape index (κ3) is 5.16. The summed E-state index contributed by atoms with van der Waals surface area (Å²) < 4.78 is 0. The quantitative estimate of drug-likeness (QED) is 0.426. The fourth-order valence-corrected chi connectivity index (χ4v) is 3.72. The van der Waals surface area contributed by atoms with E-state index < -0.39 is 0 Å². The average molecular weight is 248 g/mol. The molecule has 0 radical (unpaired) electrons. The second-order valence-electron chi connectivity index (χ2n) is 6.45. The Balaban J connectivity index is 2.00.